The van der Waals surface area contributed by atoms with E-state index in [4.69, 9.17) is 5.73 Å². The molecule has 0 radical (unpaired) electrons. The van der Waals surface area contributed by atoms with E-state index in [1.165, 1.54) is 22.4 Å². The second kappa shape index (κ2) is 8.11. The molecule has 2 rings (SSSR count). The molecule has 118 valence electrons. The summed E-state index contributed by atoms with van der Waals surface area (Å²) in [5.74, 6) is 0.681. The van der Waals surface area contributed by atoms with Gasteiger partial charge in [0.2, 0.25) is 0 Å². The molecular formula is C18H25N3S. The first kappa shape index (κ1) is 16.7. The lowest BCUT2D eigenvalue weighted by molar-refractivity contribution is 0.793. The van der Waals surface area contributed by atoms with Crippen molar-refractivity contribution in [1.29, 1.82) is 0 Å². The first-order valence-electron chi connectivity index (χ1n) is 7.59. The maximum atomic E-state index is 5.87. The lowest BCUT2D eigenvalue weighted by Gasteiger charge is -2.14. The van der Waals surface area contributed by atoms with Gasteiger partial charge >= 0.3 is 0 Å². The highest BCUT2D eigenvalue weighted by molar-refractivity contribution is 7.80. The van der Waals surface area contributed by atoms with Crippen LogP contribution in [0.15, 0.2) is 42.5 Å². The zero-order chi connectivity index (χ0) is 15.9. The van der Waals surface area contributed by atoms with Crippen molar-refractivity contribution in [1.82, 2.24) is 0 Å². The number of rotatable bonds is 7. The Morgan fingerprint density at radius 3 is 2.64 bits per heavy atom. The number of aryl methyl sites for hydroxylation is 1. The summed E-state index contributed by atoms with van der Waals surface area (Å²) < 4.78 is 0. The van der Waals surface area contributed by atoms with Crippen molar-refractivity contribution in [2.24, 2.45) is 5.73 Å². The van der Waals surface area contributed by atoms with Crippen LogP contribution in [0.3, 0.4) is 0 Å². The van der Waals surface area contributed by atoms with Crippen molar-refractivity contribution in [2.45, 2.75) is 26.4 Å². The van der Waals surface area contributed by atoms with Crippen LogP contribution in [0.4, 0.5) is 11.4 Å². The molecule has 0 aliphatic heterocycles. The van der Waals surface area contributed by atoms with Crippen LogP contribution in [0.1, 0.15) is 16.7 Å². The molecule has 0 saturated heterocycles. The van der Waals surface area contributed by atoms with Crippen molar-refractivity contribution in [3.05, 3.63) is 59.2 Å². The molecule has 0 bridgehead atoms. The molecule has 4 N–H and O–H groups in total. The van der Waals surface area contributed by atoms with Crippen molar-refractivity contribution >= 4 is 24.0 Å². The van der Waals surface area contributed by atoms with Crippen LogP contribution in [0.2, 0.25) is 0 Å². The minimum Gasteiger partial charge on any atom is -0.383 e. The van der Waals surface area contributed by atoms with E-state index in [9.17, 15) is 0 Å². The third-order valence-corrected chi connectivity index (χ3v) is 4.29. The lowest BCUT2D eigenvalue weighted by atomic mass is 10.1. The molecule has 2 aromatic carbocycles. The average molecular weight is 315 g/mol. The fourth-order valence-electron chi connectivity index (χ4n) is 2.24. The van der Waals surface area contributed by atoms with E-state index in [0.29, 0.717) is 5.75 Å². The first-order valence-corrected chi connectivity index (χ1v) is 8.22. The Morgan fingerprint density at radius 2 is 1.86 bits per heavy atom. The van der Waals surface area contributed by atoms with Crippen LogP contribution in [-0.4, -0.2) is 18.3 Å². The van der Waals surface area contributed by atoms with E-state index in [-0.39, 0.29) is 6.04 Å². The van der Waals surface area contributed by atoms with E-state index in [0.717, 1.165) is 18.8 Å². The largest absolute Gasteiger partial charge is 0.383 e. The molecule has 0 saturated carbocycles. The van der Waals surface area contributed by atoms with Gasteiger partial charge in [-0.05, 0) is 48.7 Å². The Bertz CT molecular complexity index is 613. The van der Waals surface area contributed by atoms with Gasteiger partial charge in [-0.15, -0.1) is 0 Å². The fourth-order valence-corrected chi connectivity index (χ4v) is 2.37. The average Bonchev–Trinajstić information content (AvgIpc) is 2.54. The third-order valence-electron chi connectivity index (χ3n) is 3.82. The Labute approximate surface area is 138 Å². The summed E-state index contributed by atoms with van der Waals surface area (Å²) in [6.45, 7) is 5.82. The van der Waals surface area contributed by atoms with E-state index >= 15 is 0 Å². The molecule has 1 atom stereocenters. The number of thiol groups is 1. The highest BCUT2D eigenvalue weighted by atomic mass is 32.1. The van der Waals surface area contributed by atoms with E-state index < -0.39 is 0 Å². The van der Waals surface area contributed by atoms with E-state index in [1.54, 1.807) is 0 Å². The lowest BCUT2D eigenvalue weighted by Crippen LogP contribution is -2.30. The Hall–Kier alpha value is -1.65. The Morgan fingerprint density at radius 1 is 1.09 bits per heavy atom. The van der Waals surface area contributed by atoms with Gasteiger partial charge in [-0.2, -0.15) is 12.6 Å². The maximum Gasteiger partial charge on any atom is 0.0401 e. The molecule has 0 aliphatic rings. The van der Waals surface area contributed by atoms with Crippen LogP contribution in [-0.2, 0) is 6.54 Å². The summed E-state index contributed by atoms with van der Waals surface area (Å²) in [6.07, 6.45) is 0. The highest BCUT2D eigenvalue weighted by Gasteiger charge is 2.02. The van der Waals surface area contributed by atoms with Crippen LogP contribution < -0.4 is 16.4 Å². The second-order valence-electron chi connectivity index (χ2n) is 5.62. The van der Waals surface area contributed by atoms with Gasteiger partial charge in [0.1, 0.15) is 0 Å². The minimum absolute atomic E-state index is 0.0695. The van der Waals surface area contributed by atoms with E-state index in [1.807, 2.05) is 0 Å². The van der Waals surface area contributed by atoms with Crippen molar-refractivity contribution < 1.29 is 0 Å². The molecule has 0 heterocycles. The summed E-state index contributed by atoms with van der Waals surface area (Å²) in [4.78, 5) is 0. The summed E-state index contributed by atoms with van der Waals surface area (Å²) in [5, 5.41) is 6.86. The van der Waals surface area contributed by atoms with Crippen LogP contribution in [0, 0.1) is 13.8 Å². The quantitative estimate of drug-likeness (QED) is 0.591. The second-order valence-corrected chi connectivity index (χ2v) is 5.99. The maximum absolute atomic E-state index is 5.87. The number of nitrogens with two attached hydrogens (primary N) is 1. The molecule has 0 aromatic heterocycles. The fraction of sp³-hybridized carbons (Fsp3) is 0.333. The van der Waals surface area contributed by atoms with Gasteiger partial charge in [-0.1, -0.05) is 24.3 Å². The van der Waals surface area contributed by atoms with Crippen molar-refractivity contribution in [3.63, 3.8) is 0 Å². The molecule has 0 spiro atoms. The molecule has 0 aliphatic carbocycles. The summed E-state index contributed by atoms with van der Waals surface area (Å²) >= 11 is 4.20. The third kappa shape index (κ3) is 4.68. The Kier molecular flexibility index (Phi) is 6.16. The smallest absolute Gasteiger partial charge is 0.0401 e. The molecule has 4 heteroatoms. The molecule has 2 aromatic rings. The minimum atomic E-state index is 0.0695. The molecule has 1 unspecified atom stereocenters. The SMILES string of the molecule is Cc1cccc(NCc2cccc(NCC(N)CS)c2)c1C. The van der Waals surface area contributed by atoms with Gasteiger partial charge in [0.25, 0.3) is 0 Å². The van der Waals surface area contributed by atoms with Gasteiger partial charge in [0, 0.05) is 36.3 Å². The summed E-state index contributed by atoms with van der Waals surface area (Å²) in [6, 6.07) is 14.8. The summed E-state index contributed by atoms with van der Waals surface area (Å²) in [7, 11) is 0. The van der Waals surface area contributed by atoms with Crippen LogP contribution in [0.25, 0.3) is 0 Å². The Balaban J connectivity index is 1.97. The molecular weight excluding hydrogens is 290 g/mol. The molecule has 3 nitrogen and oxygen atoms in total. The standard InChI is InChI=1S/C18H25N3S/c1-13-5-3-8-18(14(13)2)21-10-15-6-4-7-17(9-15)20-11-16(19)12-22/h3-9,16,20-22H,10-12,19H2,1-2H3. The zero-order valence-electron chi connectivity index (χ0n) is 13.3. The van der Waals surface area contributed by atoms with Crippen molar-refractivity contribution in [2.75, 3.05) is 22.9 Å². The number of nitrogens with one attached hydrogen (secondary N) is 2. The molecule has 22 heavy (non-hydrogen) atoms. The monoisotopic (exact) mass is 315 g/mol. The van der Waals surface area contributed by atoms with Crippen LogP contribution in [0.5, 0.6) is 0 Å². The number of hydrogen-bond donors (Lipinski definition) is 4. The predicted molar refractivity (Wildman–Crippen MR) is 100 cm³/mol. The van der Waals surface area contributed by atoms with Gasteiger partial charge in [-0.25, -0.2) is 0 Å². The van der Waals surface area contributed by atoms with Crippen LogP contribution >= 0.6 is 12.6 Å². The highest BCUT2D eigenvalue weighted by Crippen LogP contribution is 2.19. The number of anilines is 2. The molecule has 0 amide bonds. The zero-order valence-corrected chi connectivity index (χ0v) is 14.2. The molecule has 0 fully saturated rings. The van der Waals surface area contributed by atoms with Gasteiger partial charge in [0.15, 0.2) is 0 Å². The van der Waals surface area contributed by atoms with Gasteiger partial charge in [0.05, 0.1) is 0 Å². The first-order chi connectivity index (χ1) is 10.6. The summed E-state index contributed by atoms with van der Waals surface area (Å²) in [5.41, 5.74) is 12.0. The number of benzene rings is 2. The van der Waals surface area contributed by atoms with Crippen molar-refractivity contribution in [3.8, 4) is 0 Å². The van der Waals surface area contributed by atoms with Gasteiger partial charge in [-0.3, -0.25) is 0 Å². The predicted octanol–water partition coefficient (Wildman–Crippen LogP) is 3.58. The van der Waals surface area contributed by atoms with E-state index in [2.05, 4.69) is 79.6 Å². The number of hydrogen-bond acceptors (Lipinski definition) is 4. The normalized spacial score (nSPS) is 12.0. The topological polar surface area (TPSA) is 50.1 Å². The van der Waals surface area contributed by atoms with Gasteiger partial charge < -0.3 is 16.4 Å².